The molecule has 2 N–H and O–H groups in total. The average Bonchev–Trinajstić information content (AvgIpc) is 2.89. The first kappa shape index (κ1) is 27.1. The van der Waals surface area contributed by atoms with Gasteiger partial charge in [-0.05, 0) is 80.0 Å². The van der Waals surface area contributed by atoms with Crippen LogP contribution in [0.2, 0.25) is 0 Å². The van der Waals surface area contributed by atoms with Gasteiger partial charge in [-0.2, -0.15) is 0 Å². The zero-order valence-corrected chi connectivity index (χ0v) is 22.1. The molecule has 0 saturated heterocycles. The highest BCUT2D eigenvalue weighted by Crippen LogP contribution is 2.43. The highest BCUT2D eigenvalue weighted by atomic mass is 19.3. The highest BCUT2D eigenvalue weighted by molar-refractivity contribution is 5.49. The van der Waals surface area contributed by atoms with Crippen molar-refractivity contribution >= 4 is 0 Å². The van der Waals surface area contributed by atoms with Crippen LogP contribution in [0.4, 0.5) is 8.78 Å². The zero-order chi connectivity index (χ0) is 26.6. The van der Waals surface area contributed by atoms with E-state index in [9.17, 15) is 13.9 Å². The van der Waals surface area contributed by atoms with Gasteiger partial charge in [-0.3, -0.25) is 0 Å². The van der Waals surface area contributed by atoms with Crippen LogP contribution in [-0.4, -0.2) is 36.6 Å². The van der Waals surface area contributed by atoms with E-state index < -0.39 is 11.5 Å². The van der Waals surface area contributed by atoms with Crippen LogP contribution in [0.5, 0.6) is 5.75 Å². The Labute approximate surface area is 218 Å². The summed E-state index contributed by atoms with van der Waals surface area (Å²) >= 11 is 0. The number of nitrogens with one attached hydrogen (secondary N) is 1. The van der Waals surface area contributed by atoms with E-state index >= 15 is 0 Å². The SMILES string of the molecule is COCOC1=C(C2(O)CCC(F)(F)CC2)NC(Cc2c(C)cc(OCc3ccccc3)c(C)c2C)C=C1. The fraction of sp³-hybridized carbons (Fsp3) is 0.467. The van der Waals surface area contributed by atoms with E-state index in [0.717, 1.165) is 28.0 Å². The maximum atomic E-state index is 13.9. The van der Waals surface area contributed by atoms with Crippen LogP contribution in [0.15, 0.2) is 60.0 Å². The highest BCUT2D eigenvalue weighted by Gasteiger charge is 2.46. The third-order valence-corrected chi connectivity index (χ3v) is 7.53. The monoisotopic (exact) mass is 513 g/mol. The Morgan fingerprint density at radius 1 is 1.00 bits per heavy atom. The number of halogens is 2. The number of hydrogen-bond donors (Lipinski definition) is 2. The first-order chi connectivity index (χ1) is 17.6. The lowest BCUT2D eigenvalue weighted by Crippen LogP contribution is -2.48. The summed E-state index contributed by atoms with van der Waals surface area (Å²) < 4.78 is 44.6. The quantitative estimate of drug-likeness (QED) is 0.401. The van der Waals surface area contributed by atoms with Crippen molar-refractivity contribution in [2.24, 2.45) is 0 Å². The van der Waals surface area contributed by atoms with E-state index in [1.54, 1.807) is 0 Å². The van der Waals surface area contributed by atoms with Gasteiger partial charge in [-0.1, -0.05) is 36.4 Å². The minimum atomic E-state index is -2.75. The lowest BCUT2D eigenvalue weighted by atomic mass is 9.79. The number of ether oxygens (including phenoxy) is 3. The van der Waals surface area contributed by atoms with Crippen LogP contribution in [0.3, 0.4) is 0 Å². The molecule has 37 heavy (non-hydrogen) atoms. The zero-order valence-electron chi connectivity index (χ0n) is 22.1. The number of aryl methyl sites for hydroxylation is 1. The Hall–Kier alpha value is -2.90. The minimum absolute atomic E-state index is 0.00359. The van der Waals surface area contributed by atoms with E-state index in [-0.39, 0.29) is 38.5 Å². The molecule has 5 nitrogen and oxygen atoms in total. The molecule has 200 valence electrons. The summed E-state index contributed by atoms with van der Waals surface area (Å²) in [5, 5.41) is 14.8. The fourth-order valence-corrected chi connectivity index (χ4v) is 5.11. The number of benzene rings is 2. The molecule has 1 aliphatic carbocycles. The smallest absolute Gasteiger partial charge is 0.248 e. The number of hydrogen-bond acceptors (Lipinski definition) is 5. The third-order valence-electron chi connectivity index (χ3n) is 7.53. The van der Waals surface area contributed by atoms with Crippen LogP contribution in [0.25, 0.3) is 0 Å². The van der Waals surface area contributed by atoms with Crippen LogP contribution in [-0.2, 0) is 22.5 Å². The predicted octanol–water partition coefficient (Wildman–Crippen LogP) is 6.03. The first-order valence-electron chi connectivity index (χ1n) is 12.8. The summed E-state index contributed by atoms with van der Waals surface area (Å²) in [5.41, 5.74) is 4.72. The maximum Gasteiger partial charge on any atom is 0.248 e. The van der Waals surface area contributed by atoms with Crippen LogP contribution >= 0.6 is 0 Å². The Kier molecular flexibility index (Phi) is 8.24. The van der Waals surface area contributed by atoms with Gasteiger partial charge in [0.2, 0.25) is 5.92 Å². The van der Waals surface area contributed by atoms with E-state index in [1.165, 1.54) is 12.7 Å². The van der Waals surface area contributed by atoms with E-state index in [1.807, 2.05) is 42.5 Å². The number of alkyl halides is 2. The molecular formula is C30H37F2NO4. The third kappa shape index (κ3) is 6.33. The molecule has 0 radical (unpaired) electrons. The molecule has 4 rings (SSSR count). The summed E-state index contributed by atoms with van der Waals surface area (Å²) in [5.74, 6) is -1.46. The van der Waals surface area contributed by atoms with Crippen LogP contribution < -0.4 is 10.1 Å². The first-order valence-corrected chi connectivity index (χ1v) is 12.8. The molecule has 2 aliphatic rings. The second-order valence-electron chi connectivity index (χ2n) is 10.2. The number of methoxy groups -OCH3 is 1. The van der Waals surface area contributed by atoms with Gasteiger partial charge in [-0.25, -0.2) is 8.78 Å². The Morgan fingerprint density at radius 3 is 2.38 bits per heavy atom. The molecule has 1 fully saturated rings. The second-order valence-corrected chi connectivity index (χ2v) is 10.2. The predicted molar refractivity (Wildman–Crippen MR) is 140 cm³/mol. The van der Waals surface area contributed by atoms with Gasteiger partial charge in [0.05, 0.1) is 5.70 Å². The van der Waals surface area contributed by atoms with E-state index in [0.29, 0.717) is 24.5 Å². The normalized spacial score (nSPS) is 20.5. The molecule has 0 aromatic heterocycles. The van der Waals surface area contributed by atoms with Crippen molar-refractivity contribution in [2.75, 3.05) is 13.9 Å². The van der Waals surface area contributed by atoms with Crippen molar-refractivity contribution < 1.29 is 28.1 Å². The van der Waals surface area contributed by atoms with Crippen molar-refractivity contribution in [3.8, 4) is 5.75 Å². The Morgan fingerprint density at radius 2 is 1.70 bits per heavy atom. The van der Waals surface area contributed by atoms with Gasteiger partial charge in [0.25, 0.3) is 0 Å². The summed E-state index contributed by atoms with van der Waals surface area (Å²) in [4.78, 5) is 0. The van der Waals surface area contributed by atoms with Crippen LogP contribution in [0.1, 0.15) is 53.5 Å². The fourth-order valence-electron chi connectivity index (χ4n) is 5.11. The molecular weight excluding hydrogens is 476 g/mol. The molecule has 7 heteroatoms. The van der Waals surface area contributed by atoms with Crippen molar-refractivity contribution in [3.63, 3.8) is 0 Å². The molecule has 2 aromatic rings. The largest absolute Gasteiger partial charge is 0.489 e. The number of rotatable bonds is 9. The Bertz CT molecular complexity index is 1150. The van der Waals surface area contributed by atoms with Gasteiger partial charge < -0.3 is 24.6 Å². The minimum Gasteiger partial charge on any atom is -0.489 e. The number of dihydropyridines is 1. The topological polar surface area (TPSA) is 60.0 Å². The van der Waals surface area contributed by atoms with Crippen LogP contribution in [0, 0.1) is 20.8 Å². The Balaban J connectivity index is 1.52. The van der Waals surface area contributed by atoms with Crippen molar-refractivity contribution in [2.45, 2.75) is 77.0 Å². The standard InChI is InChI=1S/C30H37F2NO4/c1-20-16-27(36-18-23-8-6-5-7-9-23)22(3)21(2)25(20)17-24-10-11-26(37-19-35-4)28(33-24)29(34)12-14-30(31,32)15-13-29/h5-11,16,24,33-34H,12-15,17-19H2,1-4H3. The van der Waals surface area contributed by atoms with Gasteiger partial charge >= 0.3 is 0 Å². The van der Waals surface area contributed by atoms with E-state index in [4.69, 9.17) is 14.2 Å². The molecule has 1 unspecified atom stereocenters. The van der Waals surface area contributed by atoms with Gasteiger partial charge in [-0.15, -0.1) is 0 Å². The maximum absolute atomic E-state index is 13.9. The lowest BCUT2D eigenvalue weighted by molar-refractivity contribution is -0.0939. The van der Waals surface area contributed by atoms with Crippen molar-refractivity contribution in [1.82, 2.24) is 5.32 Å². The van der Waals surface area contributed by atoms with Gasteiger partial charge in [0.1, 0.15) is 23.7 Å². The van der Waals surface area contributed by atoms with Gasteiger partial charge in [0, 0.05) is 26.0 Å². The molecule has 0 bridgehead atoms. The summed E-state index contributed by atoms with van der Waals surface area (Å²) in [6.45, 7) is 6.74. The molecule has 0 spiro atoms. The average molecular weight is 514 g/mol. The molecule has 0 amide bonds. The van der Waals surface area contributed by atoms with Gasteiger partial charge in [0.15, 0.2) is 6.79 Å². The number of aliphatic hydroxyl groups is 1. The van der Waals surface area contributed by atoms with Crippen molar-refractivity contribution in [3.05, 3.63) is 87.8 Å². The second kappa shape index (κ2) is 11.2. The summed E-state index contributed by atoms with van der Waals surface area (Å²) in [6.07, 6.45) is 3.69. The lowest BCUT2D eigenvalue weighted by Gasteiger charge is -2.40. The molecule has 1 aliphatic heterocycles. The summed E-state index contributed by atoms with van der Waals surface area (Å²) in [6, 6.07) is 12.0. The van der Waals surface area contributed by atoms with Crippen molar-refractivity contribution in [1.29, 1.82) is 0 Å². The van der Waals surface area contributed by atoms with E-state index in [2.05, 4.69) is 32.2 Å². The summed E-state index contributed by atoms with van der Waals surface area (Å²) in [7, 11) is 1.51. The molecule has 1 heterocycles. The molecule has 1 saturated carbocycles. The molecule has 2 aromatic carbocycles. The number of allylic oxidation sites excluding steroid dienone is 1. The molecule has 1 atom stereocenters.